The maximum absolute atomic E-state index is 11.2. The van der Waals surface area contributed by atoms with Gasteiger partial charge in [-0.15, -0.1) is 0 Å². The number of nitro benzene ring substituents is 1. The van der Waals surface area contributed by atoms with Crippen molar-refractivity contribution in [2.45, 2.75) is 6.54 Å². The molecule has 0 saturated carbocycles. The van der Waals surface area contributed by atoms with Crippen LogP contribution in [-0.2, 0) is 6.54 Å². The van der Waals surface area contributed by atoms with Crippen LogP contribution in [0.5, 0.6) is 0 Å². The van der Waals surface area contributed by atoms with Gasteiger partial charge in [-0.25, -0.2) is 0 Å². The predicted octanol–water partition coefficient (Wildman–Crippen LogP) is 5.31. The van der Waals surface area contributed by atoms with Crippen LogP contribution in [0.25, 0.3) is 22.2 Å². The summed E-state index contributed by atoms with van der Waals surface area (Å²) in [7, 11) is 0. The SMILES string of the molecule is O=[N+]([O-])c1ccc2c(c1)c(-c1ccccc1)nn2Cc1ccccc1Cl. The summed E-state index contributed by atoms with van der Waals surface area (Å²) in [6.07, 6.45) is 0. The Hall–Kier alpha value is -3.18. The molecule has 3 aromatic carbocycles. The molecule has 0 fully saturated rings. The van der Waals surface area contributed by atoms with E-state index in [1.165, 1.54) is 6.07 Å². The van der Waals surface area contributed by atoms with Crippen molar-refractivity contribution in [2.24, 2.45) is 0 Å². The molecule has 0 spiro atoms. The van der Waals surface area contributed by atoms with Crippen LogP contribution >= 0.6 is 11.6 Å². The first-order chi connectivity index (χ1) is 12.6. The number of rotatable bonds is 4. The molecule has 0 atom stereocenters. The van der Waals surface area contributed by atoms with Gasteiger partial charge >= 0.3 is 0 Å². The quantitative estimate of drug-likeness (QED) is 0.364. The number of hydrogen-bond donors (Lipinski definition) is 0. The fourth-order valence-electron chi connectivity index (χ4n) is 3.00. The molecule has 1 heterocycles. The Bertz CT molecular complexity index is 1110. The van der Waals surface area contributed by atoms with Gasteiger partial charge < -0.3 is 0 Å². The summed E-state index contributed by atoms with van der Waals surface area (Å²) in [6.45, 7) is 0.487. The molecule has 128 valence electrons. The van der Waals surface area contributed by atoms with E-state index < -0.39 is 0 Å². The van der Waals surface area contributed by atoms with E-state index in [0.29, 0.717) is 11.6 Å². The van der Waals surface area contributed by atoms with E-state index in [2.05, 4.69) is 0 Å². The summed E-state index contributed by atoms with van der Waals surface area (Å²) < 4.78 is 1.84. The minimum absolute atomic E-state index is 0.0481. The first kappa shape index (κ1) is 16.3. The predicted molar refractivity (Wildman–Crippen MR) is 102 cm³/mol. The van der Waals surface area contributed by atoms with Crippen molar-refractivity contribution < 1.29 is 4.92 Å². The number of fused-ring (bicyclic) bond motifs is 1. The molecule has 0 aliphatic carbocycles. The van der Waals surface area contributed by atoms with Gasteiger partial charge in [0.15, 0.2) is 0 Å². The lowest BCUT2D eigenvalue weighted by Crippen LogP contribution is -2.02. The number of aromatic nitrogens is 2. The molecule has 6 heteroatoms. The van der Waals surface area contributed by atoms with Crippen LogP contribution < -0.4 is 0 Å². The second-order valence-electron chi connectivity index (χ2n) is 5.92. The highest BCUT2D eigenvalue weighted by Crippen LogP contribution is 2.31. The van der Waals surface area contributed by atoms with Crippen LogP contribution in [0.2, 0.25) is 5.02 Å². The molecule has 4 aromatic rings. The molecule has 26 heavy (non-hydrogen) atoms. The molecule has 0 N–H and O–H groups in total. The highest BCUT2D eigenvalue weighted by atomic mass is 35.5. The number of nitrogens with zero attached hydrogens (tertiary/aromatic N) is 3. The molecule has 0 radical (unpaired) electrons. The van der Waals surface area contributed by atoms with Gasteiger partial charge in [-0.2, -0.15) is 5.10 Å². The standard InChI is InChI=1S/C20H14ClN3O2/c21-18-9-5-4-8-15(18)13-23-19-11-10-16(24(25)26)12-17(19)20(22-23)14-6-2-1-3-7-14/h1-12H,13H2. The molecule has 0 amide bonds. The lowest BCUT2D eigenvalue weighted by molar-refractivity contribution is -0.384. The third-order valence-corrected chi connectivity index (χ3v) is 4.64. The maximum Gasteiger partial charge on any atom is 0.270 e. The maximum atomic E-state index is 11.2. The lowest BCUT2D eigenvalue weighted by Gasteiger charge is -2.05. The number of nitro groups is 1. The smallest absolute Gasteiger partial charge is 0.260 e. The molecule has 4 rings (SSSR count). The molecular formula is C20H14ClN3O2. The van der Waals surface area contributed by atoms with E-state index in [1.54, 1.807) is 12.1 Å². The fourth-order valence-corrected chi connectivity index (χ4v) is 3.19. The van der Waals surface area contributed by atoms with Gasteiger partial charge in [0.05, 0.1) is 17.0 Å². The summed E-state index contributed by atoms with van der Waals surface area (Å²) in [6, 6.07) is 22.1. The average molecular weight is 364 g/mol. The second kappa shape index (κ2) is 6.61. The van der Waals surface area contributed by atoms with Crippen LogP contribution in [0.15, 0.2) is 72.8 Å². The number of non-ortho nitro benzene ring substituents is 1. The van der Waals surface area contributed by atoms with Gasteiger partial charge in [-0.05, 0) is 17.7 Å². The number of halogens is 1. The molecule has 0 bridgehead atoms. The number of benzene rings is 3. The highest BCUT2D eigenvalue weighted by molar-refractivity contribution is 6.31. The van der Waals surface area contributed by atoms with Crippen molar-refractivity contribution in [3.63, 3.8) is 0 Å². The van der Waals surface area contributed by atoms with Crippen molar-refractivity contribution in [3.8, 4) is 11.3 Å². The van der Waals surface area contributed by atoms with Gasteiger partial charge in [0.25, 0.3) is 5.69 Å². The first-order valence-electron chi connectivity index (χ1n) is 8.07. The monoisotopic (exact) mass is 363 g/mol. The van der Waals surface area contributed by atoms with Crippen molar-refractivity contribution in [2.75, 3.05) is 0 Å². The van der Waals surface area contributed by atoms with Crippen LogP contribution in [0, 0.1) is 10.1 Å². The Kier molecular flexibility index (Phi) is 4.14. The molecule has 0 aliphatic heterocycles. The average Bonchev–Trinajstić information content (AvgIpc) is 3.02. The normalized spacial score (nSPS) is 11.0. The largest absolute Gasteiger partial charge is 0.270 e. The van der Waals surface area contributed by atoms with Crippen molar-refractivity contribution in [1.29, 1.82) is 0 Å². The van der Waals surface area contributed by atoms with E-state index in [0.717, 1.165) is 27.7 Å². The molecule has 5 nitrogen and oxygen atoms in total. The zero-order chi connectivity index (χ0) is 18.1. The fraction of sp³-hybridized carbons (Fsp3) is 0.0500. The Labute approximate surface area is 154 Å². The Morgan fingerprint density at radius 1 is 1.00 bits per heavy atom. The van der Waals surface area contributed by atoms with Gasteiger partial charge in [-0.3, -0.25) is 14.8 Å². The van der Waals surface area contributed by atoms with E-state index in [1.807, 2.05) is 59.3 Å². The van der Waals surface area contributed by atoms with Crippen molar-refractivity contribution >= 4 is 28.2 Å². The summed E-state index contributed by atoms with van der Waals surface area (Å²) in [5.74, 6) is 0. The van der Waals surface area contributed by atoms with Gasteiger partial charge in [0.1, 0.15) is 5.69 Å². The van der Waals surface area contributed by atoms with E-state index in [4.69, 9.17) is 16.7 Å². The van der Waals surface area contributed by atoms with Gasteiger partial charge in [0, 0.05) is 28.1 Å². The Balaban J connectivity index is 1.91. The van der Waals surface area contributed by atoms with Crippen LogP contribution in [0.1, 0.15) is 5.56 Å². The Morgan fingerprint density at radius 2 is 1.73 bits per heavy atom. The van der Waals surface area contributed by atoms with Crippen molar-refractivity contribution in [3.05, 3.63) is 93.5 Å². The highest BCUT2D eigenvalue weighted by Gasteiger charge is 2.17. The Morgan fingerprint density at radius 3 is 2.46 bits per heavy atom. The topological polar surface area (TPSA) is 61.0 Å². The van der Waals surface area contributed by atoms with Gasteiger partial charge in [0.2, 0.25) is 0 Å². The van der Waals surface area contributed by atoms with Gasteiger partial charge in [-0.1, -0.05) is 60.1 Å². The van der Waals surface area contributed by atoms with E-state index >= 15 is 0 Å². The van der Waals surface area contributed by atoms with E-state index in [9.17, 15) is 10.1 Å². The molecule has 1 aromatic heterocycles. The minimum Gasteiger partial charge on any atom is -0.260 e. The second-order valence-corrected chi connectivity index (χ2v) is 6.33. The summed E-state index contributed by atoms with van der Waals surface area (Å²) in [4.78, 5) is 10.8. The van der Waals surface area contributed by atoms with Crippen LogP contribution in [-0.4, -0.2) is 14.7 Å². The minimum atomic E-state index is -0.389. The summed E-state index contributed by atoms with van der Waals surface area (Å²) in [5.41, 5.74) is 3.45. The third-order valence-electron chi connectivity index (χ3n) is 4.27. The lowest BCUT2D eigenvalue weighted by atomic mass is 10.1. The van der Waals surface area contributed by atoms with E-state index in [-0.39, 0.29) is 10.6 Å². The van der Waals surface area contributed by atoms with Crippen LogP contribution in [0.3, 0.4) is 0 Å². The zero-order valence-electron chi connectivity index (χ0n) is 13.7. The summed E-state index contributed by atoms with van der Waals surface area (Å²) in [5, 5.41) is 17.3. The van der Waals surface area contributed by atoms with Crippen molar-refractivity contribution in [1.82, 2.24) is 9.78 Å². The number of hydrogen-bond acceptors (Lipinski definition) is 3. The zero-order valence-corrected chi connectivity index (χ0v) is 14.4. The molecule has 0 aliphatic rings. The molecule has 0 unspecified atom stereocenters. The molecular weight excluding hydrogens is 350 g/mol. The molecule has 0 saturated heterocycles. The summed E-state index contributed by atoms with van der Waals surface area (Å²) >= 11 is 6.29. The van der Waals surface area contributed by atoms with Crippen LogP contribution in [0.4, 0.5) is 5.69 Å². The first-order valence-corrected chi connectivity index (χ1v) is 8.45. The third kappa shape index (κ3) is 2.93.